The van der Waals surface area contributed by atoms with E-state index in [-0.39, 0.29) is 0 Å². The fourth-order valence-corrected chi connectivity index (χ4v) is 1.46. The SMILES string of the molecule is C#CC(O)c1cc(OC)cs1. The van der Waals surface area contributed by atoms with Gasteiger partial charge in [0.1, 0.15) is 11.9 Å². The minimum Gasteiger partial charge on any atom is -0.496 e. The van der Waals surface area contributed by atoms with Gasteiger partial charge >= 0.3 is 0 Å². The van der Waals surface area contributed by atoms with Gasteiger partial charge in [0.15, 0.2) is 0 Å². The fraction of sp³-hybridized carbons (Fsp3) is 0.250. The van der Waals surface area contributed by atoms with Crippen molar-refractivity contribution in [3.63, 3.8) is 0 Å². The van der Waals surface area contributed by atoms with Crippen LogP contribution in [0.4, 0.5) is 0 Å². The van der Waals surface area contributed by atoms with E-state index >= 15 is 0 Å². The molecular formula is C8H8O2S. The topological polar surface area (TPSA) is 29.5 Å². The van der Waals surface area contributed by atoms with E-state index in [4.69, 9.17) is 16.3 Å². The molecule has 2 nitrogen and oxygen atoms in total. The Balaban J connectivity index is 2.82. The van der Waals surface area contributed by atoms with Gasteiger partial charge in [0.25, 0.3) is 0 Å². The largest absolute Gasteiger partial charge is 0.496 e. The van der Waals surface area contributed by atoms with Crippen molar-refractivity contribution in [2.24, 2.45) is 0 Å². The van der Waals surface area contributed by atoms with E-state index < -0.39 is 6.10 Å². The minimum absolute atomic E-state index is 0.735. The zero-order chi connectivity index (χ0) is 8.27. The molecule has 0 amide bonds. The second-order valence-corrected chi connectivity index (χ2v) is 2.90. The summed E-state index contributed by atoms with van der Waals surface area (Å²) in [4.78, 5) is 0.740. The molecule has 1 rings (SSSR count). The maximum atomic E-state index is 9.16. The number of hydrogen-bond acceptors (Lipinski definition) is 3. The predicted molar refractivity (Wildman–Crippen MR) is 44.7 cm³/mol. The van der Waals surface area contributed by atoms with Crippen LogP contribution in [-0.2, 0) is 0 Å². The zero-order valence-corrected chi connectivity index (χ0v) is 6.89. The summed E-state index contributed by atoms with van der Waals surface area (Å²) in [5.74, 6) is 2.96. The van der Waals surface area contributed by atoms with Gasteiger partial charge in [-0.1, -0.05) is 5.92 Å². The summed E-state index contributed by atoms with van der Waals surface area (Å²) in [6.07, 6.45) is 4.22. The van der Waals surface area contributed by atoms with Gasteiger partial charge in [-0.3, -0.25) is 0 Å². The van der Waals surface area contributed by atoms with E-state index in [2.05, 4.69) is 5.92 Å². The first kappa shape index (κ1) is 8.12. The van der Waals surface area contributed by atoms with Crippen molar-refractivity contribution in [3.8, 4) is 18.1 Å². The van der Waals surface area contributed by atoms with Crippen LogP contribution in [0.3, 0.4) is 0 Å². The summed E-state index contributed by atoms with van der Waals surface area (Å²) in [7, 11) is 1.58. The number of aliphatic hydroxyl groups excluding tert-OH is 1. The molecule has 58 valence electrons. The van der Waals surface area contributed by atoms with E-state index in [0.29, 0.717) is 0 Å². The Hall–Kier alpha value is -0.980. The van der Waals surface area contributed by atoms with Gasteiger partial charge in [-0.15, -0.1) is 17.8 Å². The number of methoxy groups -OCH3 is 1. The summed E-state index contributed by atoms with van der Waals surface area (Å²) in [6.45, 7) is 0. The van der Waals surface area contributed by atoms with E-state index in [1.165, 1.54) is 11.3 Å². The Kier molecular flexibility index (Phi) is 2.53. The predicted octanol–water partition coefficient (Wildman–Crippen LogP) is 1.42. The first-order valence-electron chi connectivity index (χ1n) is 3.04. The molecule has 0 saturated heterocycles. The van der Waals surface area contributed by atoms with E-state index in [1.807, 2.05) is 0 Å². The molecule has 0 radical (unpaired) electrons. The molecule has 0 aliphatic carbocycles. The fourth-order valence-electron chi connectivity index (χ4n) is 0.667. The van der Waals surface area contributed by atoms with E-state index in [9.17, 15) is 0 Å². The number of rotatable bonds is 2. The van der Waals surface area contributed by atoms with Crippen LogP contribution in [-0.4, -0.2) is 12.2 Å². The monoisotopic (exact) mass is 168 g/mol. The number of aliphatic hydroxyl groups is 1. The van der Waals surface area contributed by atoms with Crippen LogP contribution in [0.25, 0.3) is 0 Å². The third-order valence-corrected chi connectivity index (χ3v) is 2.22. The standard InChI is InChI=1S/C8H8O2S/c1-3-7(9)8-4-6(10-2)5-11-8/h1,4-5,7,9H,2H3. The van der Waals surface area contributed by atoms with Crippen LogP contribution in [0.15, 0.2) is 11.4 Å². The highest BCUT2D eigenvalue weighted by molar-refractivity contribution is 7.10. The quantitative estimate of drug-likeness (QED) is 0.677. The van der Waals surface area contributed by atoms with Crippen LogP contribution >= 0.6 is 11.3 Å². The molecule has 0 aromatic carbocycles. The second kappa shape index (κ2) is 3.42. The van der Waals surface area contributed by atoms with Crippen LogP contribution in [0.5, 0.6) is 5.75 Å². The van der Waals surface area contributed by atoms with Crippen LogP contribution in [0, 0.1) is 12.3 Å². The molecular weight excluding hydrogens is 160 g/mol. The van der Waals surface area contributed by atoms with Crippen molar-refractivity contribution in [1.29, 1.82) is 0 Å². The van der Waals surface area contributed by atoms with Crippen LogP contribution < -0.4 is 4.74 Å². The molecule has 0 bridgehead atoms. The molecule has 0 saturated carbocycles. The lowest BCUT2D eigenvalue weighted by Gasteiger charge is -1.95. The lowest BCUT2D eigenvalue weighted by atomic mass is 10.3. The lowest BCUT2D eigenvalue weighted by molar-refractivity contribution is 0.242. The number of hydrogen-bond donors (Lipinski definition) is 1. The molecule has 1 aromatic heterocycles. The zero-order valence-electron chi connectivity index (χ0n) is 6.07. The molecule has 0 fully saturated rings. The number of ether oxygens (including phenoxy) is 1. The Morgan fingerprint density at radius 2 is 2.55 bits per heavy atom. The number of terminal acetylenes is 1. The smallest absolute Gasteiger partial charge is 0.149 e. The summed E-state index contributed by atoms with van der Waals surface area (Å²) >= 11 is 1.39. The lowest BCUT2D eigenvalue weighted by Crippen LogP contribution is -1.87. The maximum Gasteiger partial charge on any atom is 0.149 e. The highest BCUT2D eigenvalue weighted by Gasteiger charge is 2.06. The molecule has 0 aliphatic heterocycles. The first-order chi connectivity index (χ1) is 5.27. The highest BCUT2D eigenvalue weighted by Crippen LogP contribution is 2.25. The third-order valence-electron chi connectivity index (χ3n) is 1.26. The molecule has 1 atom stereocenters. The van der Waals surface area contributed by atoms with Crippen molar-refractivity contribution >= 4 is 11.3 Å². The Labute approximate surface area is 69.4 Å². The molecule has 0 spiro atoms. The van der Waals surface area contributed by atoms with E-state index in [0.717, 1.165) is 10.6 Å². The van der Waals surface area contributed by atoms with E-state index in [1.54, 1.807) is 18.6 Å². The van der Waals surface area contributed by atoms with Crippen molar-refractivity contribution < 1.29 is 9.84 Å². The average molecular weight is 168 g/mol. The van der Waals surface area contributed by atoms with Crippen LogP contribution in [0.2, 0.25) is 0 Å². The molecule has 1 N–H and O–H groups in total. The third kappa shape index (κ3) is 1.73. The van der Waals surface area contributed by atoms with Crippen molar-refractivity contribution in [3.05, 3.63) is 16.3 Å². The Morgan fingerprint density at radius 1 is 1.82 bits per heavy atom. The van der Waals surface area contributed by atoms with Gasteiger partial charge in [-0.05, 0) is 6.07 Å². The molecule has 1 unspecified atom stereocenters. The van der Waals surface area contributed by atoms with Crippen LogP contribution in [0.1, 0.15) is 11.0 Å². The van der Waals surface area contributed by atoms with Gasteiger partial charge in [-0.2, -0.15) is 0 Å². The second-order valence-electron chi connectivity index (χ2n) is 1.96. The van der Waals surface area contributed by atoms with Crippen molar-refractivity contribution in [1.82, 2.24) is 0 Å². The van der Waals surface area contributed by atoms with Gasteiger partial charge in [-0.25, -0.2) is 0 Å². The average Bonchev–Trinajstić information content (AvgIpc) is 2.50. The molecule has 0 aliphatic rings. The Morgan fingerprint density at radius 3 is 3.00 bits per heavy atom. The van der Waals surface area contributed by atoms with Gasteiger partial charge in [0.05, 0.1) is 7.11 Å². The molecule has 1 aromatic rings. The highest BCUT2D eigenvalue weighted by atomic mass is 32.1. The van der Waals surface area contributed by atoms with Crippen molar-refractivity contribution in [2.45, 2.75) is 6.10 Å². The maximum absolute atomic E-state index is 9.16. The van der Waals surface area contributed by atoms with Gasteiger partial charge < -0.3 is 9.84 Å². The summed E-state index contributed by atoms with van der Waals surface area (Å²) < 4.78 is 4.92. The summed E-state index contributed by atoms with van der Waals surface area (Å²) in [5, 5.41) is 11.0. The molecule has 11 heavy (non-hydrogen) atoms. The van der Waals surface area contributed by atoms with Crippen molar-refractivity contribution in [2.75, 3.05) is 7.11 Å². The van der Waals surface area contributed by atoms with Gasteiger partial charge in [0, 0.05) is 10.3 Å². The number of thiophene rings is 1. The minimum atomic E-state index is -0.802. The summed E-state index contributed by atoms with van der Waals surface area (Å²) in [6, 6.07) is 1.73. The normalized spacial score (nSPS) is 12.1. The molecule has 1 heterocycles. The summed E-state index contributed by atoms with van der Waals surface area (Å²) in [5.41, 5.74) is 0. The molecule has 3 heteroatoms. The first-order valence-corrected chi connectivity index (χ1v) is 3.92. The van der Waals surface area contributed by atoms with Gasteiger partial charge in [0.2, 0.25) is 0 Å². The Bertz CT molecular complexity index is 272.